The van der Waals surface area contributed by atoms with Gasteiger partial charge >= 0.3 is 0 Å². The third-order valence-corrected chi connectivity index (χ3v) is 5.80. The molecule has 2 aromatic heterocycles. The Labute approximate surface area is 187 Å². The van der Waals surface area contributed by atoms with Gasteiger partial charge in [-0.15, -0.1) is 0 Å². The summed E-state index contributed by atoms with van der Waals surface area (Å²) >= 11 is 0. The quantitative estimate of drug-likeness (QED) is 0.310. The molecule has 0 saturated carbocycles. The van der Waals surface area contributed by atoms with Crippen LogP contribution in [0.4, 0.5) is 0 Å². The molecule has 0 spiro atoms. The molecule has 0 unspecified atom stereocenters. The molecule has 156 valence electrons. The number of H-pyrrole nitrogens is 1. The van der Waals surface area contributed by atoms with E-state index in [9.17, 15) is 0 Å². The minimum Gasteiger partial charge on any atom is -0.393 e. The Hall–Kier alpha value is -4.24. The number of para-hydroxylation sites is 4. The van der Waals surface area contributed by atoms with Crippen LogP contribution in [0.25, 0.3) is 55.9 Å². The summed E-state index contributed by atoms with van der Waals surface area (Å²) in [7, 11) is 1.91. The van der Waals surface area contributed by atoms with Gasteiger partial charge in [-0.1, -0.05) is 85.5 Å². The fourth-order valence-corrected chi connectivity index (χ4v) is 4.33. The Bertz CT molecular complexity index is 1530. The number of hydrogen-bond donors (Lipinski definition) is 2. The zero-order valence-corrected chi connectivity index (χ0v) is 18.0. The predicted octanol–water partition coefficient (Wildman–Crippen LogP) is 7.41. The van der Waals surface area contributed by atoms with Crippen molar-refractivity contribution in [1.29, 1.82) is 0 Å². The van der Waals surface area contributed by atoms with Crippen LogP contribution in [-0.2, 0) is 0 Å². The largest absolute Gasteiger partial charge is 0.393 e. The van der Waals surface area contributed by atoms with Gasteiger partial charge in [-0.05, 0) is 23.8 Å². The van der Waals surface area contributed by atoms with Crippen molar-refractivity contribution in [3.8, 4) is 0 Å². The number of nitrogens with one attached hydrogen (secondary N) is 2. The van der Waals surface area contributed by atoms with Crippen LogP contribution in [0.1, 0.15) is 5.56 Å². The highest BCUT2D eigenvalue weighted by Crippen LogP contribution is 2.29. The molecule has 6 aromatic rings. The van der Waals surface area contributed by atoms with Gasteiger partial charge in [0.2, 0.25) is 0 Å². The summed E-state index contributed by atoms with van der Waals surface area (Å²) in [4.78, 5) is 3.43. The van der Waals surface area contributed by atoms with Crippen LogP contribution in [0, 0.1) is 0 Å². The molecule has 0 atom stereocenters. The van der Waals surface area contributed by atoms with E-state index >= 15 is 0 Å². The SMILES string of the molecule is C=Cc1cccc2c1[nH]c1ccccc12.CNC=Cn1c2ccccc2c2ccccc21. The van der Waals surface area contributed by atoms with Crippen molar-refractivity contribution in [2.45, 2.75) is 0 Å². The minimum atomic E-state index is 1.16. The standard InChI is InChI=1S/C15H14N2.C14H11N/c1-16-10-11-17-14-8-4-2-6-12(14)13-7-3-5-9-15(13)17;1-2-10-6-5-8-12-11-7-3-4-9-13(11)15-14(10)12/h2-11,16H,1H3;2-9,15H,1H2. The van der Waals surface area contributed by atoms with Gasteiger partial charge in [-0.25, -0.2) is 0 Å². The average molecular weight is 416 g/mol. The van der Waals surface area contributed by atoms with E-state index in [1.54, 1.807) is 0 Å². The zero-order valence-electron chi connectivity index (χ0n) is 18.0. The first-order valence-corrected chi connectivity index (χ1v) is 10.8. The average Bonchev–Trinajstić information content (AvgIpc) is 3.39. The summed E-state index contributed by atoms with van der Waals surface area (Å²) in [6.07, 6.45) is 5.89. The first-order valence-electron chi connectivity index (χ1n) is 10.8. The van der Waals surface area contributed by atoms with E-state index in [4.69, 9.17) is 0 Å². The van der Waals surface area contributed by atoms with Crippen LogP contribution in [0.3, 0.4) is 0 Å². The normalized spacial score (nSPS) is 11.3. The minimum absolute atomic E-state index is 1.16. The van der Waals surface area contributed by atoms with Crippen LogP contribution in [0.15, 0.2) is 104 Å². The van der Waals surface area contributed by atoms with Crippen molar-refractivity contribution in [2.24, 2.45) is 0 Å². The van der Waals surface area contributed by atoms with Crippen LogP contribution in [0.5, 0.6) is 0 Å². The van der Waals surface area contributed by atoms with Crippen molar-refractivity contribution in [2.75, 3.05) is 7.05 Å². The van der Waals surface area contributed by atoms with Gasteiger partial charge in [0.05, 0.1) is 16.6 Å². The van der Waals surface area contributed by atoms with Gasteiger partial charge in [-0.3, -0.25) is 0 Å². The summed E-state index contributed by atoms with van der Waals surface area (Å²) < 4.78 is 2.21. The molecule has 4 aromatic carbocycles. The highest BCUT2D eigenvalue weighted by Gasteiger charge is 2.07. The molecule has 0 aliphatic carbocycles. The molecule has 2 N–H and O–H groups in total. The molecule has 0 fully saturated rings. The summed E-state index contributed by atoms with van der Waals surface area (Å²) in [5, 5.41) is 8.17. The lowest BCUT2D eigenvalue weighted by Gasteiger charge is -1.99. The Morgan fingerprint density at radius 1 is 0.719 bits per heavy atom. The van der Waals surface area contributed by atoms with Gasteiger partial charge in [0.1, 0.15) is 0 Å². The van der Waals surface area contributed by atoms with E-state index in [1.165, 1.54) is 43.6 Å². The molecule has 0 aliphatic heterocycles. The Balaban J connectivity index is 0.000000136. The molecule has 0 saturated heterocycles. The maximum absolute atomic E-state index is 3.83. The van der Waals surface area contributed by atoms with Crippen molar-refractivity contribution in [1.82, 2.24) is 14.9 Å². The second kappa shape index (κ2) is 8.48. The van der Waals surface area contributed by atoms with Gasteiger partial charge < -0.3 is 14.9 Å². The lowest BCUT2D eigenvalue weighted by molar-refractivity contribution is 1.10. The number of rotatable bonds is 3. The van der Waals surface area contributed by atoms with Crippen molar-refractivity contribution >= 4 is 55.9 Å². The van der Waals surface area contributed by atoms with Gasteiger partial charge in [0.15, 0.2) is 0 Å². The first kappa shape index (κ1) is 19.7. The Kier molecular flexibility index (Phi) is 5.22. The van der Waals surface area contributed by atoms with E-state index in [0.717, 1.165) is 5.56 Å². The Morgan fingerprint density at radius 3 is 1.97 bits per heavy atom. The molecular weight excluding hydrogens is 390 g/mol. The van der Waals surface area contributed by atoms with Crippen LogP contribution >= 0.6 is 0 Å². The molecule has 0 bridgehead atoms. The van der Waals surface area contributed by atoms with E-state index < -0.39 is 0 Å². The number of nitrogens with zero attached hydrogens (tertiary/aromatic N) is 1. The third-order valence-electron chi connectivity index (χ3n) is 5.80. The molecule has 3 nitrogen and oxygen atoms in total. The maximum Gasteiger partial charge on any atom is 0.0538 e. The molecule has 0 radical (unpaired) electrons. The second-order valence-electron chi connectivity index (χ2n) is 7.65. The molecule has 3 heteroatoms. The van der Waals surface area contributed by atoms with Crippen molar-refractivity contribution < 1.29 is 0 Å². The number of hydrogen-bond acceptors (Lipinski definition) is 1. The molecule has 0 amide bonds. The summed E-state index contributed by atoms with van der Waals surface area (Å²) in [5.41, 5.74) is 5.99. The van der Waals surface area contributed by atoms with E-state index in [1.807, 2.05) is 25.4 Å². The van der Waals surface area contributed by atoms with Gasteiger partial charge in [-0.2, -0.15) is 0 Å². The molecule has 6 rings (SSSR count). The van der Waals surface area contributed by atoms with Crippen molar-refractivity contribution in [3.05, 3.63) is 109 Å². The number of fused-ring (bicyclic) bond motifs is 6. The van der Waals surface area contributed by atoms with E-state index in [2.05, 4.69) is 113 Å². The molecule has 0 aliphatic rings. The zero-order chi connectivity index (χ0) is 21.9. The second-order valence-corrected chi connectivity index (χ2v) is 7.65. The third kappa shape index (κ3) is 3.34. The Morgan fingerprint density at radius 2 is 1.31 bits per heavy atom. The monoisotopic (exact) mass is 415 g/mol. The summed E-state index contributed by atoms with van der Waals surface area (Å²) in [5.74, 6) is 0. The molecule has 32 heavy (non-hydrogen) atoms. The smallest absolute Gasteiger partial charge is 0.0538 e. The van der Waals surface area contributed by atoms with Crippen molar-refractivity contribution in [3.63, 3.8) is 0 Å². The van der Waals surface area contributed by atoms with E-state index in [-0.39, 0.29) is 0 Å². The first-order chi connectivity index (χ1) is 15.8. The highest BCUT2D eigenvalue weighted by molar-refractivity contribution is 6.10. The van der Waals surface area contributed by atoms with Gasteiger partial charge in [0.25, 0.3) is 0 Å². The number of aromatic nitrogens is 2. The summed E-state index contributed by atoms with van der Waals surface area (Å²) in [6, 6.07) is 31.6. The van der Waals surface area contributed by atoms with Crippen LogP contribution in [0.2, 0.25) is 0 Å². The van der Waals surface area contributed by atoms with Gasteiger partial charge in [0, 0.05) is 46.5 Å². The topological polar surface area (TPSA) is 32.8 Å². The molecule has 2 heterocycles. The maximum atomic E-state index is 3.83. The predicted molar refractivity (Wildman–Crippen MR) is 140 cm³/mol. The molecular formula is C29H25N3. The fraction of sp³-hybridized carbons (Fsp3) is 0.0345. The lowest BCUT2D eigenvalue weighted by Crippen LogP contribution is -1.94. The fourth-order valence-electron chi connectivity index (χ4n) is 4.33. The van der Waals surface area contributed by atoms with E-state index in [0.29, 0.717) is 0 Å². The van der Waals surface area contributed by atoms with Crippen LogP contribution < -0.4 is 5.32 Å². The summed E-state index contributed by atoms with van der Waals surface area (Å²) in [6.45, 7) is 3.83. The lowest BCUT2D eigenvalue weighted by atomic mass is 10.1. The van der Waals surface area contributed by atoms with Crippen LogP contribution in [-0.4, -0.2) is 16.6 Å². The highest BCUT2D eigenvalue weighted by atomic mass is 15.0. The number of benzene rings is 4. The number of aromatic amines is 1.